The van der Waals surface area contributed by atoms with Crippen LogP contribution in [-0.2, 0) is 6.42 Å². The number of methoxy groups -OCH3 is 1. The number of carbonyl (C=O) groups excluding carboxylic acids is 2. The molecule has 4 rings (SSSR count). The minimum atomic E-state index is -0.449. The van der Waals surface area contributed by atoms with E-state index in [1.165, 1.54) is 0 Å². The van der Waals surface area contributed by atoms with Crippen molar-refractivity contribution in [3.8, 4) is 5.75 Å². The maximum Gasteiger partial charge on any atom is 0.258 e. The number of anilines is 1. The molecule has 0 saturated heterocycles. The highest BCUT2D eigenvalue weighted by Crippen LogP contribution is 2.32. The summed E-state index contributed by atoms with van der Waals surface area (Å²) in [6, 6.07) is 17.5. The molecule has 1 amide bonds. The van der Waals surface area contributed by atoms with Crippen LogP contribution in [0.25, 0.3) is 5.70 Å². The summed E-state index contributed by atoms with van der Waals surface area (Å²) in [4.78, 5) is 25.9. The van der Waals surface area contributed by atoms with E-state index in [-0.39, 0.29) is 26.9 Å². The molecule has 0 aliphatic carbocycles. The number of rotatable bonds is 5. The maximum absolute atomic E-state index is 13.2. The van der Waals surface area contributed by atoms with E-state index in [0.29, 0.717) is 11.3 Å². The van der Waals surface area contributed by atoms with E-state index < -0.39 is 5.91 Å². The van der Waals surface area contributed by atoms with Gasteiger partial charge in [-0.05, 0) is 62.2 Å². The summed E-state index contributed by atoms with van der Waals surface area (Å²) in [5, 5.41) is 6.74. The van der Waals surface area contributed by atoms with Crippen LogP contribution in [0.5, 0.6) is 5.75 Å². The molecule has 2 N–H and O–H groups in total. The van der Waals surface area contributed by atoms with Crippen molar-refractivity contribution in [2.75, 3.05) is 12.4 Å². The van der Waals surface area contributed by atoms with Crippen LogP contribution in [0.1, 0.15) is 45.7 Å². The second-order valence-electron chi connectivity index (χ2n) is 8.76. The Bertz CT molecular complexity index is 1290. The van der Waals surface area contributed by atoms with Crippen molar-refractivity contribution in [1.29, 1.82) is 0 Å². The van der Waals surface area contributed by atoms with Gasteiger partial charge in [-0.25, -0.2) is 0 Å². The molecule has 1 aliphatic heterocycles. The Morgan fingerprint density at radius 2 is 1.74 bits per heavy atom. The number of carbonyl (C=O) groups is 2. The van der Waals surface area contributed by atoms with Crippen LogP contribution >= 0.6 is 23.2 Å². The molecule has 0 bridgehead atoms. The molecule has 34 heavy (non-hydrogen) atoms. The number of ketones is 1. The van der Waals surface area contributed by atoms with Gasteiger partial charge in [-0.1, -0.05) is 47.5 Å². The zero-order valence-electron chi connectivity index (χ0n) is 19.0. The number of hydrogen-bond acceptors (Lipinski definition) is 4. The van der Waals surface area contributed by atoms with Gasteiger partial charge in [-0.15, -0.1) is 0 Å². The van der Waals surface area contributed by atoms with Crippen molar-refractivity contribution in [1.82, 2.24) is 5.32 Å². The molecule has 174 valence electrons. The number of fused-ring (bicyclic) bond motifs is 1. The van der Waals surface area contributed by atoms with Crippen molar-refractivity contribution >= 4 is 46.3 Å². The van der Waals surface area contributed by atoms with E-state index >= 15 is 0 Å². The van der Waals surface area contributed by atoms with Gasteiger partial charge in [0.15, 0.2) is 5.78 Å². The zero-order valence-corrected chi connectivity index (χ0v) is 20.6. The lowest BCUT2D eigenvalue weighted by atomic mass is 9.85. The normalized spacial score (nSPS) is 15.3. The van der Waals surface area contributed by atoms with Gasteiger partial charge in [0.2, 0.25) is 0 Å². The zero-order chi connectivity index (χ0) is 24.5. The first kappa shape index (κ1) is 23.9. The molecule has 0 atom stereocenters. The van der Waals surface area contributed by atoms with Gasteiger partial charge in [0.1, 0.15) is 5.75 Å². The van der Waals surface area contributed by atoms with Gasteiger partial charge in [-0.2, -0.15) is 0 Å². The molecule has 0 saturated carbocycles. The SMILES string of the molecule is COc1ccc2c(c1)/C(=C/C(=O)c1cccc(NC(=O)c3c(Cl)cccc3Cl)c1)NC(C)(C)C2. The predicted octanol–water partition coefficient (Wildman–Crippen LogP) is 6.40. The van der Waals surface area contributed by atoms with Crippen LogP contribution in [0.2, 0.25) is 10.0 Å². The fourth-order valence-electron chi connectivity index (χ4n) is 4.03. The van der Waals surface area contributed by atoms with Crippen LogP contribution < -0.4 is 15.4 Å². The van der Waals surface area contributed by atoms with Gasteiger partial charge in [0.25, 0.3) is 5.91 Å². The van der Waals surface area contributed by atoms with Crippen LogP contribution in [0.3, 0.4) is 0 Å². The second-order valence-corrected chi connectivity index (χ2v) is 9.58. The molecule has 0 radical (unpaired) electrons. The summed E-state index contributed by atoms with van der Waals surface area (Å²) >= 11 is 12.3. The highest BCUT2D eigenvalue weighted by Gasteiger charge is 2.28. The summed E-state index contributed by atoms with van der Waals surface area (Å²) in [6.07, 6.45) is 2.41. The lowest BCUT2D eigenvalue weighted by Crippen LogP contribution is -2.43. The first-order valence-electron chi connectivity index (χ1n) is 10.7. The van der Waals surface area contributed by atoms with Gasteiger partial charge < -0.3 is 15.4 Å². The number of hydrogen-bond donors (Lipinski definition) is 2. The Morgan fingerprint density at radius 1 is 1.03 bits per heavy atom. The fourth-order valence-corrected chi connectivity index (χ4v) is 4.60. The minimum absolute atomic E-state index is 0.184. The Kier molecular flexibility index (Phi) is 6.69. The molecule has 1 heterocycles. The van der Waals surface area contributed by atoms with Crippen LogP contribution in [0.4, 0.5) is 5.69 Å². The van der Waals surface area contributed by atoms with Crippen molar-refractivity contribution in [2.45, 2.75) is 25.8 Å². The number of amides is 1. The van der Waals surface area contributed by atoms with E-state index in [2.05, 4.69) is 24.5 Å². The molecule has 5 nitrogen and oxygen atoms in total. The van der Waals surface area contributed by atoms with Crippen molar-refractivity contribution in [3.05, 3.63) is 99.0 Å². The summed E-state index contributed by atoms with van der Waals surface area (Å²) < 4.78 is 5.38. The van der Waals surface area contributed by atoms with Gasteiger partial charge >= 0.3 is 0 Å². The number of benzene rings is 3. The standard InChI is InChI=1S/C27H24Cl2N2O3/c1-27(2)15-17-10-11-19(34-3)13-20(17)23(31-27)14-24(32)16-6-4-7-18(12-16)30-26(33)25-21(28)8-5-9-22(25)29/h4-14,31H,15H2,1-3H3,(H,30,33)/b23-14-. The summed E-state index contributed by atoms with van der Waals surface area (Å²) in [7, 11) is 1.62. The Morgan fingerprint density at radius 3 is 2.44 bits per heavy atom. The van der Waals surface area contributed by atoms with E-state index in [9.17, 15) is 9.59 Å². The molecule has 0 unspecified atom stereocenters. The first-order chi connectivity index (χ1) is 16.2. The van der Waals surface area contributed by atoms with E-state index in [4.69, 9.17) is 27.9 Å². The van der Waals surface area contributed by atoms with Gasteiger partial charge in [0.05, 0.1) is 22.7 Å². The highest BCUT2D eigenvalue weighted by molar-refractivity contribution is 6.40. The molecule has 3 aromatic rings. The third-order valence-electron chi connectivity index (χ3n) is 5.58. The molecule has 0 aromatic heterocycles. The number of allylic oxidation sites excluding steroid dienone is 1. The highest BCUT2D eigenvalue weighted by atomic mass is 35.5. The first-order valence-corrected chi connectivity index (χ1v) is 11.5. The van der Waals surface area contributed by atoms with Crippen molar-refractivity contribution in [3.63, 3.8) is 0 Å². The van der Waals surface area contributed by atoms with Gasteiger partial charge in [-0.3, -0.25) is 9.59 Å². The third kappa shape index (κ3) is 5.11. The Balaban J connectivity index is 1.62. The average molecular weight is 495 g/mol. The predicted molar refractivity (Wildman–Crippen MR) is 137 cm³/mol. The lowest BCUT2D eigenvalue weighted by Gasteiger charge is -2.35. The van der Waals surface area contributed by atoms with E-state index in [1.54, 1.807) is 55.7 Å². The van der Waals surface area contributed by atoms with E-state index in [0.717, 1.165) is 29.0 Å². The number of ether oxygens (including phenoxy) is 1. The fraction of sp³-hybridized carbons (Fsp3) is 0.185. The topological polar surface area (TPSA) is 67.4 Å². The number of nitrogens with one attached hydrogen (secondary N) is 2. The van der Waals surface area contributed by atoms with Crippen molar-refractivity contribution < 1.29 is 14.3 Å². The largest absolute Gasteiger partial charge is 0.497 e. The maximum atomic E-state index is 13.2. The Labute approximate surface area is 208 Å². The molecule has 7 heteroatoms. The summed E-state index contributed by atoms with van der Waals surface area (Å²) in [6.45, 7) is 4.18. The molecule has 3 aromatic carbocycles. The second kappa shape index (κ2) is 9.53. The minimum Gasteiger partial charge on any atom is -0.497 e. The van der Waals surface area contributed by atoms with Crippen molar-refractivity contribution in [2.24, 2.45) is 0 Å². The quantitative estimate of drug-likeness (QED) is 0.318. The van der Waals surface area contributed by atoms with Gasteiger partial charge in [0, 0.05) is 34.1 Å². The molecular weight excluding hydrogens is 471 g/mol. The monoisotopic (exact) mass is 494 g/mol. The molecule has 0 fully saturated rings. The Hall–Kier alpha value is -3.28. The number of halogens is 2. The third-order valence-corrected chi connectivity index (χ3v) is 6.21. The lowest BCUT2D eigenvalue weighted by molar-refractivity contribution is 0.102. The molecule has 0 spiro atoms. The molecule has 1 aliphatic rings. The smallest absolute Gasteiger partial charge is 0.258 e. The molecular formula is C27H24Cl2N2O3. The van der Waals surface area contributed by atoms with E-state index in [1.807, 2.05) is 18.2 Å². The van der Waals surface area contributed by atoms with Crippen LogP contribution in [0, 0.1) is 0 Å². The van der Waals surface area contributed by atoms with Crippen LogP contribution in [-0.4, -0.2) is 24.3 Å². The van der Waals surface area contributed by atoms with Crippen LogP contribution in [0.15, 0.2) is 66.7 Å². The average Bonchev–Trinajstić information content (AvgIpc) is 2.78. The summed E-state index contributed by atoms with van der Waals surface area (Å²) in [5.74, 6) is 0.0812. The summed E-state index contributed by atoms with van der Waals surface area (Å²) in [5.41, 5.74) is 3.68.